The standard InChI is InChI=1S/C14H25NO11/c1-4(18)15-13-10(22)9(21)12(6(3-17)24-13)26-14-11(23)8(20)7(19)5(2-16)25-14/h5-14,16-17,19-23H,2-3H2,1H3,(H,15,18)/t5-,6-,7+,8+,9-,10-,11-,12-,13?,14+/m1/s1. The number of aliphatic hydroxyl groups excluding tert-OH is 7. The van der Waals surface area contributed by atoms with E-state index in [-0.39, 0.29) is 0 Å². The quantitative estimate of drug-likeness (QED) is 0.226. The minimum atomic E-state index is -1.73. The van der Waals surface area contributed by atoms with E-state index in [4.69, 9.17) is 14.2 Å². The molecule has 0 aromatic heterocycles. The molecular weight excluding hydrogens is 358 g/mol. The van der Waals surface area contributed by atoms with E-state index in [1.807, 2.05) is 0 Å². The molecule has 1 unspecified atom stereocenters. The molecule has 12 nitrogen and oxygen atoms in total. The number of carbonyl (C=O) groups is 1. The Kier molecular flexibility index (Phi) is 7.27. The number of nitrogens with one attached hydrogen (secondary N) is 1. The highest BCUT2D eigenvalue weighted by Gasteiger charge is 2.50. The molecule has 0 bridgehead atoms. The first kappa shape index (κ1) is 21.4. The van der Waals surface area contributed by atoms with E-state index in [9.17, 15) is 40.5 Å². The Balaban J connectivity index is 2.12. The molecule has 2 aliphatic rings. The summed E-state index contributed by atoms with van der Waals surface area (Å²) in [6, 6.07) is 0. The average Bonchev–Trinajstić information content (AvgIpc) is 2.60. The summed E-state index contributed by atoms with van der Waals surface area (Å²) in [4.78, 5) is 11.1. The zero-order chi connectivity index (χ0) is 19.6. The highest BCUT2D eigenvalue weighted by molar-refractivity contribution is 5.73. The van der Waals surface area contributed by atoms with Crippen molar-refractivity contribution in [3.63, 3.8) is 0 Å². The van der Waals surface area contributed by atoms with Crippen LogP contribution >= 0.6 is 0 Å². The maximum atomic E-state index is 11.1. The first-order valence-corrected chi connectivity index (χ1v) is 8.06. The molecule has 2 rings (SSSR count). The summed E-state index contributed by atoms with van der Waals surface area (Å²) in [5.41, 5.74) is 0. The second-order valence-corrected chi connectivity index (χ2v) is 6.26. The van der Waals surface area contributed by atoms with Gasteiger partial charge in [-0.1, -0.05) is 0 Å². The predicted octanol–water partition coefficient (Wildman–Crippen LogP) is -5.25. The van der Waals surface area contributed by atoms with Crippen LogP contribution in [0.2, 0.25) is 0 Å². The van der Waals surface area contributed by atoms with Gasteiger partial charge in [0.25, 0.3) is 0 Å². The topological polar surface area (TPSA) is 198 Å². The zero-order valence-electron chi connectivity index (χ0n) is 14.0. The van der Waals surface area contributed by atoms with E-state index in [0.29, 0.717) is 0 Å². The lowest BCUT2D eigenvalue weighted by Gasteiger charge is -2.46. The van der Waals surface area contributed by atoms with Crippen molar-refractivity contribution >= 4 is 5.91 Å². The van der Waals surface area contributed by atoms with Gasteiger partial charge in [-0.2, -0.15) is 0 Å². The molecule has 0 saturated carbocycles. The Morgan fingerprint density at radius 1 is 0.885 bits per heavy atom. The molecule has 0 aromatic carbocycles. The third kappa shape index (κ3) is 4.31. The van der Waals surface area contributed by atoms with Gasteiger partial charge in [0.2, 0.25) is 5.91 Å². The molecule has 0 aromatic rings. The molecule has 0 spiro atoms. The van der Waals surface area contributed by atoms with Crippen LogP contribution in [0.4, 0.5) is 0 Å². The largest absolute Gasteiger partial charge is 0.394 e. The molecule has 2 fully saturated rings. The SMILES string of the molecule is CC(=O)NC1O[C@H](CO)[C@@H](O[C@@H]2O[C@H](CO)[C@H](O)[C@H](O)[C@H]2O)[C@H](O)[C@H]1O. The van der Waals surface area contributed by atoms with Crippen LogP contribution in [-0.2, 0) is 19.0 Å². The summed E-state index contributed by atoms with van der Waals surface area (Å²) in [6.45, 7) is -0.167. The summed E-state index contributed by atoms with van der Waals surface area (Å²) >= 11 is 0. The number of amides is 1. The number of hydrogen-bond donors (Lipinski definition) is 8. The summed E-state index contributed by atoms with van der Waals surface area (Å²) in [7, 11) is 0. The lowest BCUT2D eigenvalue weighted by Crippen LogP contribution is -2.66. The van der Waals surface area contributed by atoms with Crippen molar-refractivity contribution < 1.29 is 54.8 Å². The number of ether oxygens (including phenoxy) is 3. The van der Waals surface area contributed by atoms with Crippen LogP contribution in [0, 0.1) is 0 Å². The van der Waals surface area contributed by atoms with Crippen molar-refractivity contribution in [1.82, 2.24) is 5.32 Å². The van der Waals surface area contributed by atoms with Gasteiger partial charge >= 0.3 is 0 Å². The molecule has 2 saturated heterocycles. The highest BCUT2D eigenvalue weighted by atomic mass is 16.7. The molecule has 12 heteroatoms. The molecule has 0 radical (unpaired) electrons. The Morgan fingerprint density at radius 3 is 2.04 bits per heavy atom. The lowest BCUT2D eigenvalue weighted by molar-refractivity contribution is -0.343. The van der Waals surface area contributed by atoms with Crippen molar-refractivity contribution in [1.29, 1.82) is 0 Å². The predicted molar refractivity (Wildman–Crippen MR) is 80.2 cm³/mol. The molecule has 8 N–H and O–H groups in total. The fourth-order valence-corrected chi connectivity index (χ4v) is 2.91. The van der Waals surface area contributed by atoms with E-state index < -0.39 is 80.5 Å². The summed E-state index contributed by atoms with van der Waals surface area (Å²) in [5, 5.41) is 70.7. The van der Waals surface area contributed by atoms with Gasteiger partial charge in [0.1, 0.15) is 48.8 Å². The monoisotopic (exact) mass is 383 g/mol. The molecule has 10 atom stereocenters. The summed E-state index contributed by atoms with van der Waals surface area (Å²) in [5.74, 6) is -0.536. The molecule has 0 aliphatic carbocycles. The Labute approximate surface area is 148 Å². The third-order valence-corrected chi connectivity index (χ3v) is 4.35. The maximum Gasteiger partial charge on any atom is 0.218 e. The molecule has 1 amide bonds. The minimum Gasteiger partial charge on any atom is -0.394 e. The van der Waals surface area contributed by atoms with Crippen LogP contribution in [0.1, 0.15) is 6.92 Å². The smallest absolute Gasteiger partial charge is 0.218 e. The van der Waals surface area contributed by atoms with E-state index in [1.165, 1.54) is 6.92 Å². The molecule has 26 heavy (non-hydrogen) atoms. The average molecular weight is 383 g/mol. The van der Waals surface area contributed by atoms with Gasteiger partial charge in [0, 0.05) is 6.92 Å². The van der Waals surface area contributed by atoms with Crippen molar-refractivity contribution in [2.45, 2.75) is 68.3 Å². The minimum absolute atomic E-state index is 0.536. The number of aliphatic hydroxyl groups is 7. The van der Waals surface area contributed by atoms with Crippen LogP contribution in [0.25, 0.3) is 0 Å². The van der Waals surface area contributed by atoms with E-state index >= 15 is 0 Å². The van der Waals surface area contributed by atoms with Crippen molar-refractivity contribution in [3.05, 3.63) is 0 Å². The van der Waals surface area contributed by atoms with E-state index in [1.54, 1.807) is 0 Å². The van der Waals surface area contributed by atoms with Crippen molar-refractivity contribution in [2.75, 3.05) is 13.2 Å². The Morgan fingerprint density at radius 2 is 1.50 bits per heavy atom. The van der Waals surface area contributed by atoms with E-state index in [0.717, 1.165) is 0 Å². The van der Waals surface area contributed by atoms with Gasteiger partial charge in [-0.3, -0.25) is 4.79 Å². The van der Waals surface area contributed by atoms with Gasteiger partial charge in [-0.05, 0) is 0 Å². The van der Waals surface area contributed by atoms with Crippen LogP contribution in [0.15, 0.2) is 0 Å². The second kappa shape index (κ2) is 8.84. The first-order valence-electron chi connectivity index (χ1n) is 8.06. The van der Waals surface area contributed by atoms with Gasteiger partial charge in [-0.25, -0.2) is 0 Å². The first-order chi connectivity index (χ1) is 12.2. The van der Waals surface area contributed by atoms with Gasteiger partial charge < -0.3 is 55.3 Å². The number of rotatable bonds is 5. The van der Waals surface area contributed by atoms with Crippen LogP contribution in [0.3, 0.4) is 0 Å². The Bertz CT molecular complexity index is 476. The van der Waals surface area contributed by atoms with Gasteiger partial charge in [0.15, 0.2) is 12.5 Å². The number of carbonyl (C=O) groups excluding carboxylic acids is 1. The normalized spacial score (nSPS) is 46.8. The number of hydrogen-bond acceptors (Lipinski definition) is 11. The molecule has 152 valence electrons. The summed E-state index contributed by atoms with van der Waals surface area (Å²) < 4.78 is 15.8. The summed E-state index contributed by atoms with van der Waals surface area (Å²) in [6.07, 6.45) is -15.0. The maximum absolute atomic E-state index is 11.1. The zero-order valence-corrected chi connectivity index (χ0v) is 14.0. The molecule has 2 heterocycles. The van der Waals surface area contributed by atoms with E-state index in [2.05, 4.69) is 5.32 Å². The second-order valence-electron chi connectivity index (χ2n) is 6.26. The van der Waals surface area contributed by atoms with Gasteiger partial charge in [0.05, 0.1) is 13.2 Å². The molecular formula is C14H25NO11. The van der Waals surface area contributed by atoms with Crippen molar-refractivity contribution in [2.24, 2.45) is 0 Å². The molecule has 2 aliphatic heterocycles. The fraction of sp³-hybridized carbons (Fsp3) is 0.929. The van der Waals surface area contributed by atoms with Crippen molar-refractivity contribution in [3.8, 4) is 0 Å². The van der Waals surface area contributed by atoms with Crippen LogP contribution < -0.4 is 5.32 Å². The van der Waals surface area contributed by atoms with Gasteiger partial charge in [-0.15, -0.1) is 0 Å². The van der Waals surface area contributed by atoms with Crippen LogP contribution in [-0.4, -0.2) is 116 Å². The lowest BCUT2D eigenvalue weighted by atomic mass is 9.96. The third-order valence-electron chi connectivity index (χ3n) is 4.35. The Hall–Kier alpha value is -0.930. The fourth-order valence-electron chi connectivity index (χ4n) is 2.91. The highest BCUT2D eigenvalue weighted by Crippen LogP contribution is 2.28. The van der Waals surface area contributed by atoms with Crippen LogP contribution in [0.5, 0.6) is 0 Å².